The molecule has 0 saturated heterocycles. The Labute approximate surface area is 115 Å². The van der Waals surface area contributed by atoms with Gasteiger partial charge in [-0.15, -0.1) is 0 Å². The molecule has 2 rings (SSSR count). The summed E-state index contributed by atoms with van der Waals surface area (Å²) in [4.78, 5) is 0. The van der Waals surface area contributed by atoms with Crippen LogP contribution in [0.4, 0.5) is 8.78 Å². The SMILES string of the molecule is COc1ccc(COc2cccc(F)c2F)cc1CN. The van der Waals surface area contributed by atoms with Crippen molar-refractivity contribution in [2.24, 2.45) is 5.73 Å². The van der Waals surface area contributed by atoms with E-state index in [1.165, 1.54) is 12.1 Å². The van der Waals surface area contributed by atoms with E-state index >= 15 is 0 Å². The first-order valence-electron chi connectivity index (χ1n) is 6.08. The van der Waals surface area contributed by atoms with Crippen LogP contribution >= 0.6 is 0 Å². The molecule has 0 radical (unpaired) electrons. The van der Waals surface area contributed by atoms with E-state index in [1.807, 2.05) is 6.07 Å². The topological polar surface area (TPSA) is 44.5 Å². The fraction of sp³-hybridized carbons (Fsp3) is 0.200. The minimum Gasteiger partial charge on any atom is -0.496 e. The van der Waals surface area contributed by atoms with Crippen molar-refractivity contribution >= 4 is 0 Å². The number of hydrogen-bond acceptors (Lipinski definition) is 3. The lowest BCUT2D eigenvalue weighted by Gasteiger charge is -2.11. The number of methoxy groups -OCH3 is 1. The molecule has 0 aliphatic heterocycles. The van der Waals surface area contributed by atoms with Crippen LogP contribution in [0.5, 0.6) is 11.5 Å². The van der Waals surface area contributed by atoms with Crippen LogP contribution in [0, 0.1) is 11.6 Å². The zero-order valence-electron chi connectivity index (χ0n) is 11.0. The molecule has 0 spiro atoms. The van der Waals surface area contributed by atoms with Gasteiger partial charge in [0.15, 0.2) is 11.6 Å². The monoisotopic (exact) mass is 279 g/mol. The Morgan fingerprint density at radius 2 is 1.90 bits per heavy atom. The van der Waals surface area contributed by atoms with Gasteiger partial charge in [0.1, 0.15) is 12.4 Å². The molecule has 0 unspecified atom stereocenters. The molecule has 0 atom stereocenters. The third kappa shape index (κ3) is 3.05. The Kier molecular flexibility index (Phi) is 4.53. The first-order chi connectivity index (χ1) is 9.65. The molecule has 2 N–H and O–H groups in total. The molecular weight excluding hydrogens is 264 g/mol. The van der Waals surface area contributed by atoms with Crippen molar-refractivity contribution in [3.8, 4) is 11.5 Å². The van der Waals surface area contributed by atoms with E-state index in [1.54, 1.807) is 19.2 Å². The molecule has 2 aromatic rings. The number of hydrogen-bond donors (Lipinski definition) is 1. The molecular formula is C15H15F2NO2. The van der Waals surface area contributed by atoms with Crippen LogP contribution in [0.3, 0.4) is 0 Å². The van der Waals surface area contributed by atoms with Crippen molar-refractivity contribution < 1.29 is 18.3 Å². The van der Waals surface area contributed by atoms with Gasteiger partial charge in [0.05, 0.1) is 7.11 Å². The van der Waals surface area contributed by atoms with Crippen molar-refractivity contribution in [3.63, 3.8) is 0 Å². The van der Waals surface area contributed by atoms with Crippen LogP contribution in [-0.2, 0) is 13.2 Å². The fourth-order valence-corrected chi connectivity index (χ4v) is 1.84. The Morgan fingerprint density at radius 3 is 2.60 bits per heavy atom. The van der Waals surface area contributed by atoms with E-state index in [0.717, 1.165) is 17.2 Å². The van der Waals surface area contributed by atoms with E-state index in [9.17, 15) is 8.78 Å². The lowest BCUT2D eigenvalue weighted by Crippen LogP contribution is -2.03. The summed E-state index contributed by atoms with van der Waals surface area (Å²) in [6.07, 6.45) is 0. The summed E-state index contributed by atoms with van der Waals surface area (Å²) in [6.45, 7) is 0.447. The Morgan fingerprint density at radius 1 is 1.10 bits per heavy atom. The summed E-state index contributed by atoms with van der Waals surface area (Å²) in [5.41, 5.74) is 7.24. The van der Waals surface area contributed by atoms with Crippen LogP contribution < -0.4 is 15.2 Å². The predicted octanol–water partition coefficient (Wildman–Crippen LogP) is 3.01. The van der Waals surface area contributed by atoms with E-state index < -0.39 is 11.6 Å². The molecule has 0 aliphatic carbocycles. The van der Waals surface area contributed by atoms with Gasteiger partial charge in [-0.2, -0.15) is 4.39 Å². The molecule has 0 heterocycles. The maximum Gasteiger partial charge on any atom is 0.200 e. The smallest absolute Gasteiger partial charge is 0.200 e. The number of nitrogens with two attached hydrogens (primary N) is 1. The van der Waals surface area contributed by atoms with E-state index in [2.05, 4.69) is 0 Å². The molecule has 20 heavy (non-hydrogen) atoms. The minimum atomic E-state index is -0.986. The summed E-state index contributed by atoms with van der Waals surface area (Å²) >= 11 is 0. The predicted molar refractivity (Wildman–Crippen MR) is 71.6 cm³/mol. The van der Waals surface area contributed by atoms with Gasteiger partial charge in [0, 0.05) is 12.1 Å². The minimum absolute atomic E-state index is 0.116. The molecule has 5 heteroatoms. The molecule has 106 valence electrons. The molecule has 2 aromatic carbocycles. The second kappa shape index (κ2) is 6.34. The van der Waals surface area contributed by atoms with Crippen LogP contribution in [0.15, 0.2) is 36.4 Å². The Balaban J connectivity index is 2.13. The first-order valence-corrected chi connectivity index (χ1v) is 6.08. The summed E-state index contributed by atoms with van der Waals surface area (Å²) in [5, 5.41) is 0. The van der Waals surface area contributed by atoms with Crippen LogP contribution in [0.1, 0.15) is 11.1 Å². The van der Waals surface area contributed by atoms with Crippen molar-refractivity contribution in [1.29, 1.82) is 0 Å². The highest BCUT2D eigenvalue weighted by molar-refractivity contribution is 5.37. The van der Waals surface area contributed by atoms with Gasteiger partial charge in [0.2, 0.25) is 5.82 Å². The van der Waals surface area contributed by atoms with Gasteiger partial charge in [-0.3, -0.25) is 0 Å². The van der Waals surface area contributed by atoms with Gasteiger partial charge in [-0.25, -0.2) is 4.39 Å². The number of ether oxygens (including phenoxy) is 2. The van der Waals surface area contributed by atoms with Crippen LogP contribution in [0.2, 0.25) is 0 Å². The maximum absolute atomic E-state index is 13.4. The molecule has 0 fully saturated rings. The van der Waals surface area contributed by atoms with Gasteiger partial charge in [0.25, 0.3) is 0 Å². The highest BCUT2D eigenvalue weighted by Gasteiger charge is 2.09. The van der Waals surface area contributed by atoms with Crippen LogP contribution in [-0.4, -0.2) is 7.11 Å². The van der Waals surface area contributed by atoms with Gasteiger partial charge < -0.3 is 15.2 Å². The van der Waals surface area contributed by atoms with E-state index in [0.29, 0.717) is 12.3 Å². The average molecular weight is 279 g/mol. The second-order valence-electron chi connectivity index (χ2n) is 4.19. The van der Waals surface area contributed by atoms with Crippen molar-refractivity contribution in [2.75, 3.05) is 7.11 Å². The molecule has 0 aromatic heterocycles. The summed E-state index contributed by atoms with van der Waals surface area (Å²) in [5.74, 6) is -1.34. The third-order valence-electron chi connectivity index (χ3n) is 2.88. The van der Waals surface area contributed by atoms with E-state index in [-0.39, 0.29) is 12.4 Å². The fourth-order valence-electron chi connectivity index (χ4n) is 1.84. The molecule has 0 amide bonds. The average Bonchev–Trinajstić information content (AvgIpc) is 2.48. The van der Waals surface area contributed by atoms with Gasteiger partial charge in [-0.1, -0.05) is 12.1 Å². The number of benzene rings is 2. The normalized spacial score (nSPS) is 10.4. The van der Waals surface area contributed by atoms with Gasteiger partial charge in [-0.05, 0) is 29.8 Å². The standard InChI is InChI=1S/C15H15F2NO2/c1-19-13-6-5-10(7-11(13)8-18)9-20-14-4-2-3-12(16)15(14)17/h2-7H,8-9,18H2,1H3. The highest BCUT2D eigenvalue weighted by atomic mass is 19.2. The van der Waals surface area contributed by atoms with Gasteiger partial charge >= 0.3 is 0 Å². The zero-order chi connectivity index (χ0) is 14.5. The Bertz CT molecular complexity index is 602. The summed E-state index contributed by atoms with van der Waals surface area (Å²) in [7, 11) is 1.56. The second-order valence-corrected chi connectivity index (χ2v) is 4.19. The van der Waals surface area contributed by atoms with Crippen LogP contribution in [0.25, 0.3) is 0 Å². The number of halogens is 2. The third-order valence-corrected chi connectivity index (χ3v) is 2.88. The quantitative estimate of drug-likeness (QED) is 0.915. The summed E-state index contributed by atoms with van der Waals surface area (Å²) < 4.78 is 36.9. The largest absolute Gasteiger partial charge is 0.496 e. The molecule has 0 bridgehead atoms. The number of rotatable bonds is 5. The molecule has 0 aliphatic rings. The van der Waals surface area contributed by atoms with Crippen molar-refractivity contribution in [3.05, 3.63) is 59.2 Å². The lowest BCUT2D eigenvalue weighted by atomic mass is 10.1. The first kappa shape index (κ1) is 14.3. The lowest BCUT2D eigenvalue weighted by molar-refractivity contribution is 0.284. The van der Waals surface area contributed by atoms with E-state index in [4.69, 9.17) is 15.2 Å². The highest BCUT2D eigenvalue weighted by Crippen LogP contribution is 2.23. The van der Waals surface area contributed by atoms with Crippen molar-refractivity contribution in [1.82, 2.24) is 0 Å². The Hall–Kier alpha value is -2.14. The maximum atomic E-state index is 13.4. The van der Waals surface area contributed by atoms with Crippen molar-refractivity contribution in [2.45, 2.75) is 13.2 Å². The molecule has 0 saturated carbocycles. The molecule has 3 nitrogen and oxygen atoms in total. The summed E-state index contributed by atoms with van der Waals surface area (Å²) in [6, 6.07) is 9.19. The zero-order valence-corrected chi connectivity index (χ0v) is 11.0.